The summed E-state index contributed by atoms with van der Waals surface area (Å²) in [5.74, 6) is 1.39. The van der Waals surface area contributed by atoms with Gasteiger partial charge in [0.25, 0.3) is 0 Å². The number of carbonyl (C=O) groups is 1. The molecule has 1 unspecified atom stereocenters. The third kappa shape index (κ3) is 3.07. The quantitative estimate of drug-likeness (QED) is 0.801. The van der Waals surface area contributed by atoms with Crippen LogP contribution in [0.5, 0.6) is 11.5 Å². The largest absolute Gasteiger partial charge is 0.493 e. The Morgan fingerprint density at radius 2 is 2.05 bits per heavy atom. The molecule has 0 saturated heterocycles. The number of methoxy groups -OCH3 is 2. The van der Waals surface area contributed by atoms with Crippen LogP contribution in [0.25, 0.3) is 0 Å². The molecule has 6 heteroatoms. The van der Waals surface area contributed by atoms with E-state index < -0.39 is 0 Å². The number of carbonyl (C=O) groups excluding carboxylic acids is 1. The highest BCUT2D eigenvalue weighted by Crippen LogP contribution is 2.33. The molecule has 1 atom stereocenters. The Morgan fingerprint density at radius 1 is 1.35 bits per heavy atom. The molecule has 0 aliphatic carbocycles. The van der Waals surface area contributed by atoms with E-state index in [0.717, 1.165) is 29.3 Å². The van der Waals surface area contributed by atoms with E-state index in [9.17, 15) is 4.79 Å². The molecule has 0 aromatic heterocycles. The summed E-state index contributed by atoms with van der Waals surface area (Å²) in [4.78, 5) is 12.8. The summed E-state index contributed by atoms with van der Waals surface area (Å²) in [5.41, 5.74) is 1.10. The fourth-order valence-corrected chi connectivity index (χ4v) is 2.61. The molecule has 1 aromatic carbocycles. The Morgan fingerprint density at radius 3 is 2.70 bits per heavy atom. The van der Waals surface area contributed by atoms with Crippen molar-refractivity contribution in [1.29, 1.82) is 0 Å². The SMILES string of the molecule is COc1cc(Br)c(CCN2C=CNC2C=O)cc1OC. The maximum absolute atomic E-state index is 10.9. The zero-order valence-corrected chi connectivity index (χ0v) is 13.0. The van der Waals surface area contributed by atoms with Gasteiger partial charge in [0.1, 0.15) is 0 Å². The molecule has 1 N–H and O–H groups in total. The van der Waals surface area contributed by atoms with Crippen molar-refractivity contribution in [1.82, 2.24) is 10.2 Å². The molecule has 1 aromatic rings. The Bertz CT molecular complexity index is 519. The highest BCUT2D eigenvalue weighted by Gasteiger charge is 2.18. The Hall–Kier alpha value is -1.69. The van der Waals surface area contributed by atoms with E-state index in [1.54, 1.807) is 20.4 Å². The van der Waals surface area contributed by atoms with E-state index in [4.69, 9.17) is 9.47 Å². The second kappa shape index (κ2) is 6.65. The number of ether oxygens (including phenoxy) is 2. The summed E-state index contributed by atoms with van der Waals surface area (Å²) in [6.07, 6.45) is 5.08. The van der Waals surface area contributed by atoms with Crippen molar-refractivity contribution in [3.05, 3.63) is 34.6 Å². The third-order valence-electron chi connectivity index (χ3n) is 3.21. The minimum absolute atomic E-state index is 0.270. The van der Waals surface area contributed by atoms with Gasteiger partial charge in [-0.05, 0) is 24.1 Å². The molecule has 108 valence electrons. The number of benzene rings is 1. The van der Waals surface area contributed by atoms with Crippen molar-refractivity contribution in [2.75, 3.05) is 20.8 Å². The van der Waals surface area contributed by atoms with Gasteiger partial charge < -0.3 is 19.7 Å². The minimum Gasteiger partial charge on any atom is -0.493 e. The molecule has 0 spiro atoms. The predicted octanol–water partition coefficient (Wildman–Crippen LogP) is 1.91. The van der Waals surface area contributed by atoms with Crippen molar-refractivity contribution in [3.8, 4) is 11.5 Å². The molecule has 0 saturated carbocycles. The average molecular weight is 341 g/mol. The summed E-state index contributed by atoms with van der Waals surface area (Å²) in [5, 5.41) is 2.97. The van der Waals surface area contributed by atoms with Crippen LogP contribution < -0.4 is 14.8 Å². The van der Waals surface area contributed by atoms with E-state index in [2.05, 4.69) is 21.2 Å². The van der Waals surface area contributed by atoms with Crippen molar-refractivity contribution >= 4 is 22.2 Å². The number of halogens is 1. The van der Waals surface area contributed by atoms with Crippen LogP contribution in [0.3, 0.4) is 0 Å². The number of hydrogen-bond donors (Lipinski definition) is 1. The van der Waals surface area contributed by atoms with E-state index >= 15 is 0 Å². The molecule has 0 radical (unpaired) electrons. The van der Waals surface area contributed by atoms with Crippen molar-refractivity contribution < 1.29 is 14.3 Å². The first-order chi connectivity index (χ1) is 9.69. The summed E-state index contributed by atoms with van der Waals surface area (Å²) in [6, 6.07) is 3.84. The highest BCUT2D eigenvalue weighted by atomic mass is 79.9. The van der Waals surface area contributed by atoms with Gasteiger partial charge >= 0.3 is 0 Å². The Labute approximate surface area is 126 Å². The van der Waals surface area contributed by atoms with Crippen molar-refractivity contribution in [2.24, 2.45) is 0 Å². The van der Waals surface area contributed by atoms with Crippen LogP contribution in [0.2, 0.25) is 0 Å². The molecule has 1 aliphatic rings. The van der Waals surface area contributed by atoms with Crippen LogP contribution in [-0.4, -0.2) is 38.1 Å². The molecule has 5 nitrogen and oxygen atoms in total. The number of hydrogen-bond acceptors (Lipinski definition) is 5. The van der Waals surface area contributed by atoms with Crippen LogP contribution in [0.1, 0.15) is 5.56 Å². The van der Waals surface area contributed by atoms with Gasteiger partial charge in [-0.25, -0.2) is 0 Å². The van der Waals surface area contributed by atoms with Crippen LogP contribution in [0.15, 0.2) is 29.0 Å². The van der Waals surface area contributed by atoms with Crippen LogP contribution in [0, 0.1) is 0 Å². The number of rotatable bonds is 6. The lowest BCUT2D eigenvalue weighted by Gasteiger charge is -2.21. The molecular weight excluding hydrogens is 324 g/mol. The Balaban J connectivity index is 2.09. The second-order valence-electron chi connectivity index (χ2n) is 4.35. The first kappa shape index (κ1) is 14.7. The third-order valence-corrected chi connectivity index (χ3v) is 3.95. The normalized spacial score (nSPS) is 16.9. The molecular formula is C14H17BrN2O3. The van der Waals surface area contributed by atoms with Gasteiger partial charge in [0.2, 0.25) is 0 Å². The van der Waals surface area contributed by atoms with E-state index in [-0.39, 0.29) is 6.17 Å². The van der Waals surface area contributed by atoms with Gasteiger partial charge in [-0.2, -0.15) is 0 Å². The highest BCUT2D eigenvalue weighted by molar-refractivity contribution is 9.10. The van der Waals surface area contributed by atoms with Gasteiger partial charge in [0.15, 0.2) is 24.0 Å². The minimum atomic E-state index is -0.270. The Kier molecular flexibility index (Phi) is 4.89. The van der Waals surface area contributed by atoms with Gasteiger partial charge in [0.05, 0.1) is 14.2 Å². The summed E-state index contributed by atoms with van der Waals surface area (Å²) < 4.78 is 11.5. The van der Waals surface area contributed by atoms with E-state index in [1.807, 2.05) is 23.2 Å². The van der Waals surface area contributed by atoms with Gasteiger partial charge in [-0.1, -0.05) is 15.9 Å². The average Bonchev–Trinajstić information content (AvgIpc) is 2.93. The van der Waals surface area contributed by atoms with E-state index in [1.165, 1.54) is 0 Å². The lowest BCUT2D eigenvalue weighted by molar-refractivity contribution is -0.111. The summed E-state index contributed by atoms with van der Waals surface area (Å²) in [7, 11) is 3.23. The van der Waals surface area contributed by atoms with Crippen LogP contribution >= 0.6 is 15.9 Å². The molecule has 1 heterocycles. The predicted molar refractivity (Wildman–Crippen MR) is 79.8 cm³/mol. The van der Waals surface area contributed by atoms with Gasteiger partial charge in [-0.3, -0.25) is 4.79 Å². The molecule has 0 amide bonds. The maximum atomic E-state index is 10.9. The monoisotopic (exact) mass is 340 g/mol. The standard InChI is InChI=1S/C14H17BrN2O3/c1-19-12-7-10(11(15)8-13(12)20-2)3-5-17-6-4-16-14(17)9-18/h4,6-9,14,16H,3,5H2,1-2H3. The smallest absolute Gasteiger partial charge is 0.162 e. The van der Waals surface area contributed by atoms with Crippen LogP contribution in [0.4, 0.5) is 0 Å². The first-order valence-corrected chi connectivity index (χ1v) is 7.03. The lowest BCUT2D eigenvalue weighted by Crippen LogP contribution is -2.37. The van der Waals surface area contributed by atoms with Crippen LogP contribution in [-0.2, 0) is 11.2 Å². The molecule has 2 rings (SSSR count). The second-order valence-corrected chi connectivity index (χ2v) is 5.20. The maximum Gasteiger partial charge on any atom is 0.162 e. The molecule has 1 aliphatic heterocycles. The fraction of sp³-hybridized carbons (Fsp3) is 0.357. The van der Waals surface area contributed by atoms with Crippen molar-refractivity contribution in [3.63, 3.8) is 0 Å². The van der Waals surface area contributed by atoms with Gasteiger partial charge in [-0.15, -0.1) is 0 Å². The first-order valence-electron chi connectivity index (χ1n) is 6.23. The molecule has 0 fully saturated rings. The number of aldehydes is 1. The zero-order chi connectivity index (χ0) is 14.5. The molecule has 0 bridgehead atoms. The summed E-state index contributed by atoms with van der Waals surface area (Å²) in [6.45, 7) is 0.737. The topological polar surface area (TPSA) is 50.8 Å². The number of nitrogens with zero attached hydrogens (tertiary/aromatic N) is 1. The number of nitrogens with one attached hydrogen (secondary N) is 1. The molecule has 20 heavy (non-hydrogen) atoms. The van der Waals surface area contributed by atoms with E-state index in [0.29, 0.717) is 11.5 Å². The summed E-state index contributed by atoms with van der Waals surface area (Å²) >= 11 is 3.54. The van der Waals surface area contributed by atoms with Crippen molar-refractivity contribution in [2.45, 2.75) is 12.6 Å². The zero-order valence-electron chi connectivity index (χ0n) is 11.4. The lowest BCUT2D eigenvalue weighted by atomic mass is 10.1. The fourth-order valence-electron chi connectivity index (χ4n) is 2.09. The van der Waals surface area contributed by atoms with Gasteiger partial charge in [0, 0.05) is 23.4 Å².